The average molecular weight is 541 g/mol. The van der Waals surface area contributed by atoms with Crippen LogP contribution in [0.4, 0.5) is 5.82 Å². The molecule has 0 atom stereocenters. The van der Waals surface area contributed by atoms with Gasteiger partial charge in [-0.1, -0.05) is 39.0 Å². The molecule has 3 N–H and O–H groups in total. The van der Waals surface area contributed by atoms with Crippen molar-refractivity contribution in [2.75, 3.05) is 5.32 Å². The fourth-order valence-corrected chi connectivity index (χ4v) is 4.17. The third kappa shape index (κ3) is 7.33. The normalized spacial score (nSPS) is 11.9. The molecule has 1 aromatic heterocycles. The molecule has 0 unspecified atom stereocenters. The molecule has 2 amide bonds. The summed E-state index contributed by atoms with van der Waals surface area (Å²) in [5.41, 5.74) is 13.0. The van der Waals surface area contributed by atoms with Gasteiger partial charge in [0.15, 0.2) is 5.82 Å². The second-order valence-electron chi connectivity index (χ2n) is 8.66. The molecule has 2 aromatic carbocycles. The molecule has 1 aliphatic rings. The SMILES string of the molecule is CC.CC/C=C(O)\C=C/CCC(=O)Nc1nc2c(nc1-c1ccc(O)cc1)-c1ccc(C(=O)N=[N+]=[N-])cc1CC2. The number of phenolic OH excluding ortho intramolecular Hbond substituents is 1. The van der Waals surface area contributed by atoms with Crippen LogP contribution in [0.25, 0.3) is 33.0 Å². The smallest absolute Gasteiger partial charge is 0.249 e. The molecule has 0 bridgehead atoms. The van der Waals surface area contributed by atoms with Crippen molar-refractivity contribution in [1.82, 2.24) is 9.97 Å². The molecular formula is C30H32N6O4. The zero-order valence-electron chi connectivity index (χ0n) is 22.8. The third-order valence-corrected chi connectivity index (χ3v) is 5.98. The molecule has 206 valence electrons. The predicted octanol–water partition coefficient (Wildman–Crippen LogP) is 7.22. The summed E-state index contributed by atoms with van der Waals surface area (Å²) < 4.78 is 0. The van der Waals surface area contributed by atoms with Crippen molar-refractivity contribution in [2.24, 2.45) is 5.11 Å². The van der Waals surface area contributed by atoms with Crippen LogP contribution in [-0.4, -0.2) is 32.0 Å². The number of fused-ring (bicyclic) bond motifs is 3. The molecule has 0 aliphatic heterocycles. The van der Waals surface area contributed by atoms with E-state index >= 15 is 0 Å². The number of aliphatic hydroxyl groups is 1. The fourth-order valence-electron chi connectivity index (χ4n) is 4.17. The van der Waals surface area contributed by atoms with E-state index in [2.05, 4.69) is 15.3 Å². The number of phenols is 1. The molecule has 0 fully saturated rings. The number of hydrogen-bond donors (Lipinski definition) is 3. The van der Waals surface area contributed by atoms with Crippen LogP contribution in [0.2, 0.25) is 0 Å². The summed E-state index contributed by atoms with van der Waals surface area (Å²) in [7, 11) is 0. The van der Waals surface area contributed by atoms with E-state index in [9.17, 15) is 19.8 Å². The maximum Gasteiger partial charge on any atom is 0.249 e. The maximum absolute atomic E-state index is 12.7. The number of rotatable bonds is 8. The van der Waals surface area contributed by atoms with Gasteiger partial charge in [-0.25, -0.2) is 9.97 Å². The number of aliphatic hydroxyl groups excluding tert-OH is 1. The van der Waals surface area contributed by atoms with E-state index in [0.29, 0.717) is 59.7 Å². The number of aromatic nitrogens is 2. The topological polar surface area (TPSA) is 161 Å². The Morgan fingerprint density at radius 3 is 2.55 bits per heavy atom. The minimum atomic E-state index is -0.651. The monoisotopic (exact) mass is 540 g/mol. The van der Waals surface area contributed by atoms with E-state index in [-0.39, 0.29) is 23.8 Å². The zero-order valence-corrected chi connectivity index (χ0v) is 22.8. The van der Waals surface area contributed by atoms with Gasteiger partial charge in [0.2, 0.25) is 11.8 Å². The van der Waals surface area contributed by atoms with E-state index in [1.54, 1.807) is 48.6 Å². The highest BCUT2D eigenvalue weighted by molar-refractivity contribution is 5.96. The Labute approximate surface area is 232 Å². The van der Waals surface area contributed by atoms with Gasteiger partial charge < -0.3 is 15.5 Å². The Kier molecular flexibility index (Phi) is 10.6. The summed E-state index contributed by atoms with van der Waals surface area (Å²) in [5.74, 6) is -0.324. The van der Waals surface area contributed by atoms with Crippen LogP contribution in [0.5, 0.6) is 5.75 Å². The lowest BCUT2D eigenvalue weighted by molar-refractivity contribution is -0.116. The Balaban J connectivity index is 0.00000216. The zero-order chi connectivity index (χ0) is 29.1. The second kappa shape index (κ2) is 14.3. The molecule has 0 saturated carbocycles. The van der Waals surface area contributed by atoms with Crippen molar-refractivity contribution in [1.29, 1.82) is 0 Å². The summed E-state index contributed by atoms with van der Waals surface area (Å²) in [6.07, 6.45) is 7.46. The summed E-state index contributed by atoms with van der Waals surface area (Å²) >= 11 is 0. The lowest BCUT2D eigenvalue weighted by Crippen LogP contribution is -2.17. The van der Waals surface area contributed by atoms with Crippen LogP contribution in [-0.2, 0) is 17.6 Å². The number of hydrogen-bond acceptors (Lipinski definition) is 6. The molecule has 40 heavy (non-hydrogen) atoms. The molecule has 1 aliphatic carbocycles. The summed E-state index contributed by atoms with van der Waals surface area (Å²) in [6, 6.07) is 11.5. The van der Waals surface area contributed by atoms with Crippen molar-refractivity contribution < 1.29 is 19.8 Å². The molecule has 4 rings (SSSR count). The van der Waals surface area contributed by atoms with Crippen molar-refractivity contribution in [2.45, 2.75) is 52.9 Å². The number of carbonyl (C=O) groups excluding carboxylic acids is 2. The molecular weight excluding hydrogens is 508 g/mol. The van der Waals surface area contributed by atoms with Crippen LogP contribution >= 0.6 is 0 Å². The number of azide groups is 1. The summed E-state index contributed by atoms with van der Waals surface area (Å²) in [6.45, 7) is 5.92. The number of carbonyl (C=O) groups is 2. The Morgan fingerprint density at radius 2 is 1.85 bits per heavy atom. The van der Waals surface area contributed by atoms with E-state index < -0.39 is 5.91 Å². The minimum absolute atomic E-state index is 0.0972. The Hall–Kier alpha value is -4.95. The lowest BCUT2D eigenvalue weighted by atomic mass is 9.90. The Morgan fingerprint density at radius 1 is 1.10 bits per heavy atom. The third-order valence-electron chi connectivity index (χ3n) is 5.98. The molecule has 10 nitrogen and oxygen atoms in total. The van der Waals surface area contributed by atoms with Gasteiger partial charge in [-0.05, 0) is 84.4 Å². The first-order valence-electron chi connectivity index (χ1n) is 13.2. The van der Waals surface area contributed by atoms with Crippen LogP contribution in [0.15, 0.2) is 71.6 Å². The number of benzene rings is 2. The largest absolute Gasteiger partial charge is 0.508 e. The Bertz CT molecular complexity index is 1490. The number of aryl methyl sites for hydroxylation is 2. The minimum Gasteiger partial charge on any atom is -0.508 e. The number of amides is 2. The van der Waals surface area contributed by atoms with Crippen LogP contribution in [0.3, 0.4) is 0 Å². The fraction of sp³-hybridized carbons (Fsp3) is 0.267. The van der Waals surface area contributed by atoms with Crippen molar-refractivity contribution in [3.63, 3.8) is 0 Å². The lowest BCUT2D eigenvalue weighted by Gasteiger charge is -2.21. The van der Waals surface area contributed by atoms with Crippen LogP contribution < -0.4 is 5.32 Å². The van der Waals surface area contributed by atoms with Gasteiger partial charge >= 0.3 is 0 Å². The number of nitrogens with one attached hydrogen (secondary N) is 1. The first-order chi connectivity index (χ1) is 19.4. The number of anilines is 1. The number of aromatic hydroxyl groups is 1. The first-order valence-corrected chi connectivity index (χ1v) is 13.2. The van der Waals surface area contributed by atoms with Gasteiger partial charge in [-0.3, -0.25) is 9.59 Å². The van der Waals surface area contributed by atoms with Gasteiger partial charge in [0.25, 0.3) is 0 Å². The van der Waals surface area contributed by atoms with E-state index in [4.69, 9.17) is 15.5 Å². The van der Waals surface area contributed by atoms with Gasteiger partial charge in [0.1, 0.15) is 17.2 Å². The summed E-state index contributed by atoms with van der Waals surface area (Å²) in [4.78, 5) is 37.0. The molecule has 1 heterocycles. The first kappa shape index (κ1) is 29.6. The average Bonchev–Trinajstić information content (AvgIpc) is 2.96. The number of nitrogens with zero attached hydrogens (tertiary/aromatic N) is 5. The maximum atomic E-state index is 12.7. The van der Waals surface area contributed by atoms with Crippen LogP contribution in [0.1, 0.15) is 61.6 Å². The van der Waals surface area contributed by atoms with Crippen LogP contribution in [0, 0.1) is 0 Å². The van der Waals surface area contributed by atoms with E-state index in [1.807, 2.05) is 20.8 Å². The second-order valence-corrected chi connectivity index (χ2v) is 8.66. The predicted molar refractivity (Wildman–Crippen MR) is 155 cm³/mol. The standard InChI is InChI=1S/C28H26N6O4.C2H6/c1-2-5-20(35)6-3-4-7-24(37)31-27-25(17-8-12-21(36)13-9-17)32-26-22-14-10-19(28(38)33-34-29)16-18(22)11-15-23(26)30-27;1-2/h3,5-6,8-10,12-14,16,35-36H,2,4,7,11,15H2,1H3,(H,30,31,37);1-2H3/b6-3-,20-5+;. The van der Waals surface area contributed by atoms with Gasteiger partial charge in [-0.15, -0.1) is 0 Å². The van der Waals surface area contributed by atoms with Gasteiger partial charge in [-0.2, -0.15) is 0 Å². The van der Waals surface area contributed by atoms with Gasteiger partial charge in [0.05, 0.1) is 11.4 Å². The molecule has 0 saturated heterocycles. The molecule has 0 radical (unpaired) electrons. The summed E-state index contributed by atoms with van der Waals surface area (Å²) in [5, 5.41) is 25.5. The highest BCUT2D eigenvalue weighted by Crippen LogP contribution is 2.36. The van der Waals surface area contributed by atoms with Gasteiger partial charge in [0, 0.05) is 28.0 Å². The van der Waals surface area contributed by atoms with E-state index in [1.165, 1.54) is 12.1 Å². The molecule has 3 aromatic rings. The highest BCUT2D eigenvalue weighted by atomic mass is 16.3. The quantitative estimate of drug-likeness (QED) is 0.0898. The highest BCUT2D eigenvalue weighted by Gasteiger charge is 2.24. The molecule has 10 heteroatoms. The van der Waals surface area contributed by atoms with Crippen molar-refractivity contribution in [3.05, 3.63) is 93.7 Å². The number of allylic oxidation sites excluding steroid dienone is 3. The molecule has 0 spiro atoms. The van der Waals surface area contributed by atoms with Crippen molar-refractivity contribution in [3.8, 4) is 28.3 Å². The van der Waals surface area contributed by atoms with Crippen molar-refractivity contribution >= 4 is 17.6 Å². The van der Waals surface area contributed by atoms with E-state index in [0.717, 1.165) is 11.1 Å².